The molecule has 3 aliphatic rings. The van der Waals surface area contributed by atoms with Crippen molar-refractivity contribution in [2.24, 2.45) is 11.8 Å². The fourth-order valence-corrected chi connectivity index (χ4v) is 8.17. The zero-order valence-corrected chi connectivity index (χ0v) is 24.6. The molecule has 11 heteroatoms. The number of alkyl halides is 3. The number of fused-ring (bicyclic) bond motifs is 1. The average Bonchev–Trinajstić information content (AvgIpc) is 3.61. The monoisotopic (exact) mass is 627 g/mol. The molecular weight excluding hydrogens is 597 g/mol. The second kappa shape index (κ2) is 11.5. The van der Waals surface area contributed by atoms with E-state index >= 15 is 0 Å². The predicted molar refractivity (Wildman–Crippen MR) is 157 cm³/mol. The van der Waals surface area contributed by atoms with Crippen LogP contribution in [0.3, 0.4) is 0 Å². The van der Waals surface area contributed by atoms with Crippen LogP contribution in [-0.4, -0.2) is 25.8 Å². The number of allylic oxidation sites excluding steroid dienone is 3. The van der Waals surface area contributed by atoms with Gasteiger partial charge in [-0.15, -0.1) is 0 Å². The Morgan fingerprint density at radius 1 is 0.977 bits per heavy atom. The van der Waals surface area contributed by atoms with E-state index in [4.69, 9.17) is 0 Å². The molecule has 0 saturated heterocycles. The van der Waals surface area contributed by atoms with Crippen LogP contribution < -0.4 is 10.4 Å². The van der Waals surface area contributed by atoms with Crippen molar-refractivity contribution in [2.45, 2.75) is 37.3 Å². The Morgan fingerprint density at radius 3 is 2.41 bits per heavy atom. The summed E-state index contributed by atoms with van der Waals surface area (Å²) in [6.45, 7) is 1.80. The predicted octanol–water partition coefficient (Wildman–Crippen LogP) is 7.37. The molecule has 2 atom stereocenters. The van der Waals surface area contributed by atoms with Gasteiger partial charge in [0.2, 0.25) is 10.0 Å². The Labute approximate surface area is 253 Å². The molecular formula is C33H30F5N3O2S. The summed E-state index contributed by atoms with van der Waals surface area (Å²) in [4.78, 5) is -0.815. The van der Waals surface area contributed by atoms with Crippen molar-refractivity contribution in [3.63, 3.8) is 0 Å². The Balaban J connectivity index is 1.34. The van der Waals surface area contributed by atoms with Crippen LogP contribution in [0.1, 0.15) is 30.9 Å². The van der Waals surface area contributed by atoms with E-state index in [0.29, 0.717) is 12.8 Å². The van der Waals surface area contributed by atoms with Crippen LogP contribution in [0.5, 0.6) is 0 Å². The Hall–Kier alpha value is -3.96. The molecule has 0 fully saturated rings. The third-order valence-corrected chi connectivity index (χ3v) is 10.5. The smallest absolute Gasteiger partial charge is 0.301 e. The SMILES string of the molecule is C[C@H]1C2=CNN(c3ccc(F)cc3)C2=CC2=C1[C@@H](CN(CCc1ccccc1F)S(=O)(=O)c1ccccc1C(F)(F)F)CC2. The number of sulfonamides is 1. The van der Waals surface area contributed by atoms with Gasteiger partial charge >= 0.3 is 6.18 Å². The first-order valence-electron chi connectivity index (χ1n) is 14.3. The Morgan fingerprint density at radius 2 is 1.68 bits per heavy atom. The van der Waals surface area contributed by atoms with Crippen LogP contribution in [0.4, 0.5) is 27.6 Å². The van der Waals surface area contributed by atoms with Crippen molar-refractivity contribution in [1.29, 1.82) is 0 Å². The number of nitrogens with one attached hydrogen (secondary N) is 1. The third-order valence-electron chi connectivity index (χ3n) is 8.61. The van der Waals surface area contributed by atoms with Gasteiger partial charge in [-0.1, -0.05) is 42.8 Å². The molecule has 0 saturated carbocycles. The maximum atomic E-state index is 14.5. The van der Waals surface area contributed by atoms with E-state index in [9.17, 15) is 30.4 Å². The molecule has 3 aromatic carbocycles. The van der Waals surface area contributed by atoms with Crippen molar-refractivity contribution in [3.8, 4) is 0 Å². The molecule has 1 aliphatic heterocycles. The lowest BCUT2D eigenvalue weighted by molar-refractivity contribution is -0.139. The van der Waals surface area contributed by atoms with Gasteiger partial charge in [0, 0.05) is 30.8 Å². The number of hydrazine groups is 1. The van der Waals surface area contributed by atoms with Crippen LogP contribution in [-0.2, 0) is 22.6 Å². The summed E-state index contributed by atoms with van der Waals surface area (Å²) in [5.41, 5.74) is 7.00. The van der Waals surface area contributed by atoms with Gasteiger partial charge in [-0.2, -0.15) is 17.5 Å². The quantitative estimate of drug-likeness (QED) is 0.265. The van der Waals surface area contributed by atoms with Crippen LogP contribution in [0, 0.1) is 23.5 Å². The minimum absolute atomic E-state index is 0.0000199. The highest BCUT2D eigenvalue weighted by molar-refractivity contribution is 7.89. The summed E-state index contributed by atoms with van der Waals surface area (Å²) in [6, 6.07) is 16.2. The number of nitrogens with zero attached hydrogens (tertiary/aromatic N) is 2. The summed E-state index contributed by atoms with van der Waals surface area (Å²) in [5, 5.41) is 1.86. The topological polar surface area (TPSA) is 52.6 Å². The normalized spacial score (nSPS) is 19.9. The van der Waals surface area contributed by atoms with E-state index in [0.717, 1.165) is 50.6 Å². The van der Waals surface area contributed by atoms with Crippen molar-refractivity contribution in [3.05, 3.63) is 130 Å². The third kappa shape index (κ3) is 5.54. The number of anilines is 1. The molecule has 0 radical (unpaired) electrons. The van der Waals surface area contributed by atoms with Gasteiger partial charge in [-0.25, -0.2) is 17.2 Å². The Kier molecular flexibility index (Phi) is 7.87. The molecule has 0 amide bonds. The first-order chi connectivity index (χ1) is 20.9. The van der Waals surface area contributed by atoms with Gasteiger partial charge in [0.1, 0.15) is 11.6 Å². The highest BCUT2D eigenvalue weighted by Gasteiger charge is 2.42. The lowest BCUT2D eigenvalue weighted by Gasteiger charge is -2.32. The molecule has 0 bridgehead atoms. The van der Waals surface area contributed by atoms with E-state index in [1.54, 1.807) is 24.3 Å². The van der Waals surface area contributed by atoms with Gasteiger partial charge < -0.3 is 5.43 Å². The van der Waals surface area contributed by atoms with E-state index in [2.05, 4.69) is 5.43 Å². The van der Waals surface area contributed by atoms with E-state index in [1.165, 1.54) is 30.3 Å². The van der Waals surface area contributed by atoms with Gasteiger partial charge in [0.15, 0.2) is 0 Å². The molecule has 0 unspecified atom stereocenters. The van der Waals surface area contributed by atoms with Crippen molar-refractivity contribution >= 4 is 15.7 Å². The average molecular weight is 628 g/mol. The largest absolute Gasteiger partial charge is 0.417 e. The zero-order chi connectivity index (χ0) is 31.2. The standard InChI is InChI=1S/C33H30F5N3O2S/c1-21-27-19-39-41(26-14-12-25(34)13-15-26)30(27)18-23-10-11-24(32(21)23)20-40(17-16-22-6-2-4-8-29(22)35)44(42,43)31-9-5-3-7-28(31)33(36,37)38/h2-9,12-15,18-19,21,24,39H,10-11,16-17,20H2,1H3/t21-,24+/m0/s1. The van der Waals surface area contributed by atoms with Gasteiger partial charge in [0.05, 0.1) is 21.8 Å². The number of halogens is 5. The van der Waals surface area contributed by atoms with Gasteiger partial charge in [-0.05, 0) is 84.9 Å². The second-order valence-corrected chi connectivity index (χ2v) is 13.1. The lowest BCUT2D eigenvalue weighted by atomic mass is 9.80. The lowest BCUT2D eigenvalue weighted by Crippen LogP contribution is -2.38. The molecule has 0 aromatic heterocycles. The second-order valence-electron chi connectivity index (χ2n) is 11.2. The number of hydrogen-bond donors (Lipinski definition) is 1. The number of rotatable bonds is 8. The van der Waals surface area contributed by atoms with E-state index < -0.39 is 32.5 Å². The first kappa shape index (κ1) is 30.1. The van der Waals surface area contributed by atoms with Crippen LogP contribution in [0.2, 0.25) is 0 Å². The fraction of sp³-hybridized carbons (Fsp3) is 0.273. The minimum atomic E-state index is -4.87. The summed E-state index contributed by atoms with van der Waals surface area (Å²) < 4.78 is 98.9. The number of hydrogen-bond acceptors (Lipinski definition) is 4. The van der Waals surface area contributed by atoms with E-state index in [1.807, 2.05) is 24.2 Å². The fourth-order valence-electron chi connectivity index (χ4n) is 6.47. The van der Waals surface area contributed by atoms with Crippen LogP contribution in [0.25, 0.3) is 0 Å². The summed E-state index contributed by atoms with van der Waals surface area (Å²) in [5.74, 6) is -1.21. The molecule has 0 spiro atoms. The molecule has 3 aromatic rings. The molecule has 1 N–H and O–H groups in total. The van der Waals surface area contributed by atoms with Crippen LogP contribution >= 0.6 is 0 Å². The van der Waals surface area contributed by atoms with Crippen molar-refractivity contribution in [2.75, 3.05) is 18.1 Å². The maximum absolute atomic E-state index is 14.5. The molecule has 44 heavy (non-hydrogen) atoms. The summed E-state index contributed by atoms with van der Waals surface area (Å²) in [7, 11) is -4.62. The first-order valence-corrected chi connectivity index (χ1v) is 15.8. The Bertz CT molecular complexity index is 1780. The van der Waals surface area contributed by atoms with E-state index in [-0.39, 0.29) is 42.7 Å². The summed E-state index contributed by atoms with van der Waals surface area (Å²) in [6.07, 6.45) is 0.315. The molecule has 5 nitrogen and oxygen atoms in total. The van der Waals surface area contributed by atoms with Gasteiger partial charge in [0.25, 0.3) is 0 Å². The minimum Gasteiger partial charge on any atom is -0.301 e. The molecule has 1 heterocycles. The number of benzene rings is 3. The molecule has 6 rings (SSSR count). The maximum Gasteiger partial charge on any atom is 0.417 e. The highest BCUT2D eigenvalue weighted by Crippen LogP contribution is 2.48. The zero-order valence-electron chi connectivity index (χ0n) is 23.8. The van der Waals surface area contributed by atoms with Crippen molar-refractivity contribution in [1.82, 2.24) is 9.73 Å². The summed E-state index contributed by atoms with van der Waals surface area (Å²) >= 11 is 0. The molecule has 230 valence electrons. The van der Waals surface area contributed by atoms with Gasteiger partial charge in [-0.3, -0.25) is 5.01 Å². The van der Waals surface area contributed by atoms with Crippen LogP contribution in [0.15, 0.2) is 112 Å². The molecule has 2 aliphatic carbocycles. The van der Waals surface area contributed by atoms with Crippen molar-refractivity contribution < 1.29 is 30.4 Å². The highest BCUT2D eigenvalue weighted by atomic mass is 32.2.